The first-order valence-corrected chi connectivity index (χ1v) is 5.14. The van der Waals surface area contributed by atoms with Gasteiger partial charge in [0.15, 0.2) is 0 Å². The summed E-state index contributed by atoms with van der Waals surface area (Å²) in [4.78, 5) is 11.4. The predicted molar refractivity (Wildman–Crippen MR) is 49.3 cm³/mol. The van der Waals surface area contributed by atoms with Gasteiger partial charge in [0.1, 0.15) is 0 Å². The maximum Gasteiger partial charge on any atom is 0.310 e. The molecule has 3 atom stereocenters. The molecule has 1 aliphatic carbocycles. The molecule has 1 heterocycles. The van der Waals surface area contributed by atoms with E-state index in [1.54, 1.807) is 0 Å². The van der Waals surface area contributed by atoms with Crippen LogP contribution in [-0.2, 0) is 9.53 Å². The van der Waals surface area contributed by atoms with Gasteiger partial charge in [-0.25, -0.2) is 0 Å². The first-order chi connectivity index (χ1) is 6.33. The molecule has 1 saturated heterocycles. The zero-order valence-electron chi connectivity index (χ0n) is 8.08. The van der Waals surface area contributed by atoms with E-state index in [0.717, 1.165) is 6.54 Å². The number of ether oxygens (including phenoxy) is 1. The van der Waals surface area contributed by atoms with Gasteiger partial charge in [-0.15, -0.1) is 0 Å². The molecule has 74 valence electrons. The molecule has 0 unspecified atom stereocenters. The van der Waals surface area contributed by atoms with Gasteiger partial charge in [-0.3, -0.25) is 4.79 Å². The van der Waals surface area contributed by atoms with Gasteiger partial charge in [-0.1, -0.05) is 12.8 Å². The van der Waals surface area contributed by atoms with E-state index in [1.165, 1.54) is 32.8 Å². The van der Waals surface area contributed by atoms with E-state index in [9.17, 15) is 4.79 Å². The number of carbonyl (C=O) groups is 1. The minimum Gasteiger partial charge on any atom is -0.469 e. The van der Waals surface area contributed by atoms with E-state index in [4.69, 9.17) is 4.74 Å². The average molecular weight is 183 g/mol. The summed E-state index contributed by atoms with van der Waals surface area (Å²) in [6, 6.07) is 0.581. The fraction of sp³-hybridized carbons (Fsp3) is 0.900. The van der Waals surface area contributed by atoms with Crippen molar-refractivity contribution >= 4 is 5.97 Å². The SMILES string of the molecule is COC(=O)[C@@H]1CN[C@@H]2CCCC[C@@H]21. The van der Waals surface area contributed by atoms with Crippen LogP contribution in [0.15, 0.2) is 0 Å². The van der Waals surface area contributed by atoms with E-state index in [1.807, 2.05) is 0 Å². The fourth-order valence-corrected chi connectivity index (χ4v) is 2.73. The number of carbonyl (C=O) groups excluding carboxylic acids is 1. The number of hydrogen-bond acceptors (Lipinski definition) is 3. The maximum atomic E-state index is 11.4. The van der Waals surface area contributed by atoms with Gasteiger partial charge in [0, 0.05) is 12.6 Å². The Morgan fingerprint density at radius 2 is 2.15 bits per heavy atom. The highest BCUT2D eigenvalue weighted by molar-refractivity contribution is 5.73. The van der Waals surface area contributed by atoms with Crippen LogP contribution in [0.3, 0.4) is 0 Å². The number of methoxy groups -OCH3 is 1. The number of esters is 1. The summed E-state index contributed by atoms with van der Waals surface area (Å²) in [5, 5.41) is 3.42. The van der Waals surface area contributed by atoms with Gasteiger partial charge in [-0.2, -0.15) is 0 Å². The fourth-order valence-electron chi connectivity index (χ4n) is 2.73. The van der Waals surface area contributed by atoms with Crippen LogP contribution in [0.5, 0.6) is 0 Å². The molecule has 1 aliphatic heterocycles. The molecule has 3 nitrogen and oxygen atoms in total. The standard InChI is InChI=1S/C10H17NO2/c1-13-10(12)8-6-11-9-5-3-2-4-7(8)9/h7-9,11H,2-6H2,1H3/t7-,8-,9-/m1/s1. The Labute approximate surface area is 78.8 Å². The molecule has 0 radical (unpaired) electrons. The summed E-state index contributed by atoms with van der Waals surface area (Å²) in [5.41, 5.74) is 0. The van der Waals surface area contributed by atoms with Crippen molar-refractivity contribution in [3.8, 4) is 0 Å². The summed E-state index contributed by atoms with van der Waals surface area (Å²) in [5.74, 6) is 0.637. The van der Waals surface area contributed by atoms with Crippen molar-refractivity contribution in [1.82, 2.24) is 5.32 Å². The Morgan fingerprint density at radius 1 is 1.38 bits per heavy atom. The van der Waals surface area contributed by atoms with Gasteiger partial charge in [0.25, 0.3) is 0 Å². The Kier molecular flexibility index (Phi) is 2.54. The van der Waals surface area contributed by atoms with Crippen molar-refractivity contribution in [2.45, 2.75) is 31.7 Å². The molecule has 2 aliphatic rings. The number of rotatable bonds is 1. The second-order valence-electron chi connectivity index (χ2n) is 4.09. The van der Waals surface area contributed by atoms with E-state index < -0.39 is 0 Å². The maximum absolute atomic E-state index is 11.4. The highest BCUT2D eigenvalue weighted by Crippen LogP contribution is 2.34. The molecular weight excluding hydrogens is 166 g/mol. The van der Waals surface area contributed by atoms with Crippen LogP contribution < -0.4 is 5.32 Å². The van der Waals surface area contributed by atoms with Crippen molar-refractivity contribution in [2.24, 2.45) is 11.8 Å². The van der Waals surface area contributed by atoms with E-state index in [2.05, 4.69) is 5.32 Å². The lowest BCUT2D eigenvalue weighted by Gasteiger charge is -2.27. The van der Waals surface area contributed by atoms with E-state index in [0.29, 0.717) is 12.0 Å². The number of hydrogen-bond donors (Lipinski definition) is 1. The monoisotopic (exact) mass is 183 g/mol. The highest BCUT2D eigenvalue weighted by Gasteiger charge is 2.41. The van der Waals surface area contributed by atoms with Gasteiger partial charge >= 0.3 is 5.97 Å². The van der Waals surface area contributed by atoms with Crippen LogP contribution in [-0.4, -0.2) is 25.7 Å². The third kappa shape index (κ3) is 1.57. The normalized spacial score (nSPS) is 38.4. The molecule has 0 aromatic rings. The zero-order chi connectivity index (χ0) is 9.26. The Hall–Kier alpha value is -0.570. The molecular formula is C10H17NO2. The van der Waals surface area contributed by atoms with E-state index in [-0.39, 0.29) is 11.9 Å². The van der Waals surface area contributed by atoms with Crippen molar-refractivity contribution in [3.63, 3.8) is 0 Å². The van der Waals surface area contributed by atoms with Crippen LogP contribution in [0.25, 0.3) is 0 Å². The number of fused-ring (bicyclic) bond motifs is 1. The Balaban J connectivity index is 2.02. The molecule has 1 N–H and O–H groups in total. The van der Waals surface area contributed by atoms with Crippen LogP contribution in [0, 0.1) is 11.8 Å². The van der Waals surface area contributed by atoms with Crippen molar-refractivity contribution in [3.05, 3.63) is 0 Å². The third-order valence-corrected chi connectivity index (χ3v) is 3.44. The second kappa shape index (κ2) is 3.66. The molecule has 0 amide bonds. The molecule has 0 spiro atoms. The molecule has 0 bridgehead atoms. The molecule has 2 rings (SSSR count). The summed E-state index contributed by atoms with van der Waals surface area (Å²) in [6.07, 6.45) is 5.01. The summed E-state index contributed by atoms with van der Waals surface area (Å²) < 4.78 is 4.80. The Morgan fingerprint density at radius 3 is 2.92 bits per heavy atom. The summed E-state index contributed by atoms with van der Waals surface area (Å²) >= 11 is 0. The number of nitrogens with one attached hydrogen (secondary N) is 1. The zero-order valence-corrected chi connectivity index (χ0v) is 8.08. The quantitative estimate of drug-likeness (QED) is 0.615. The van der Waals surface area contributed by atoms with Crippen LogP contribution in [0.4, 0.5) is 0 Å². The largest absolute Gasteiger partial charge is 0.469 e. The third-order valence-electron chi connectivity index (χ3n) is 3.44. The van der Waals surface area contributed by atoms with Crippen molar-refractivity contribution in [1.29, 1.82) is 0 Å². The highest BCUT2D eigenvalue weighted by atomic mass is 16.5. The lowest BCUT2D eigenvalue weighted by Crippen LogP contribution is -2.31. The molecule has 1 saturated carbocycles. The minimum atomic E-state index is -0.0260. The summed E-state index contributed by atoms with van der Waals surface area (Å²) in [6.45, 7) is 0.821. The van der Waals surface area contributed by atoms with Gasteiger partial charge in [0.2, 0.25) is 0 Å². The van der Waals surface area contributed by atoms with Crippen molar-refractivity contribution in [2.75, 3.05) is 13.7 Å². The molecule has 0 aromatic carbocycles. The van der Waals surface area contributed by atoms with Crippen molar-refractivity contribution < 1.29 is 9.53 Å². The molecule has 2 fully saturated rings. The predicted octanol–water partition coefficient (Wildman–Crippen LogP) is 0.938. The average Bonchev–Trinajstić information content (AvgIpc) is 2.60. The van der Waals surface area contributed by atoms with Gasteiger partial charge in [-0.05, 0) is 18.8 Å². The second-order valence-corrected chi connectivity index (χ2v) is 4.09. The first kappa shape index (κ1) is 9.00. The van der Waals surface area contributed by atoms with Crippen LogP contribution >= 0.6 is 0 Å². The molecule has 3 heteroatoms. The summed E-state index contributed by atoms with van der Waals surface area (Å²) in [7, 11) is 1.48. The Bertz CT molecular complexity index is 205. The first-order valence-electron chi connectivity index (χ1n) is 5.14. The topological polar surface area (TPSA) is 38.3 Å². The molecule has 13 heavy (non-hydrogen) atoms. The van der Waals surface area contributed by atoms with Crippen LogP contribution in [0.1, 0.15) is 25.7 Å². The van der Waals surface area contributed by atoms with Gasteiger partial charge in [0.05, 0.1) is 13.0 Å². The lowest BCUT2D eigenvalue weighted by atomic mass is 9.80. The molecule has 0 aromatic heterocycles. The minimum absolute atomic E-state index is 0.0260. The van der Waals surface area contributed by atoms with Crippen LogP contribution in [0.2, 0.25) is 0 Å². The van der Waals surface area contributed by atoms with Gasteiger partial charge < -0.3 is 10.1 Å². The van der Waals surface area contributed by atoms with E-state index >= 15 is 0 Å². The lowest BCUT2D eigenvalue weighted by molar-refractivity contribution is -0.146. The smallest absolute Gasteiger partial charge is 0.310 e.